The molecule has 0 aliphatic rings. The van der Waals surface area contributed by atoms with E-state index in [-0.39, 0.29) is 0 Å². The average Bonchev–Trinajstić information content (AvgIpc) is 1.61. The molecule has 0 rings (SSSR count). The second kappa shape index (κ2) is 5.78. The van der Waals surface area contributed by atoms with Gasteiger partial charge >= 0.3 is 0 Å². The maximum Gasteiger partial charge on any atom is -0.00978 e. The first kappa shape index (κ1) is 6.78. The van der Waals surface area contributed by atoms with Crippen LogP contribution in [0.4, 0.5) is 0 Å². The zero-order valence-electron chi connectivity index (χ0n) is 3.85. The quantitative estimate of drug-likeness (QED) is 0.328. The topological polar surface area (TPSA) is 0 Å². The van der Waals surface area contributed by atoms with Gasteiger partial charge in [-0.2, -0.15) is 12.6 Å². The summed E-state index contributed by atoms with van der Waals surface area (Å²) in [4.78, 5) is 0. The van der Waals surface area contributed by atoms with Crippen LogP contribution >= 0.6 is 21.9 Å². The van der Waals surface area contributed by atoms with Crippen LogP contribution in [-0.2, 0) is 0 Å². The molecule has 0 fully saturated rings. The third-order valence-electron chi connectivity index (χ3n) is 0.612. The van der Waals surface area contributed by atoms with Crippen LogP contribution in [0.2, 0.25) is 0 Å². The Morgan fingerprint density at radius 2 is 2.00 bits per heavy atom. The fourth-order valence-electron chi connectivity index (χ4n) is 0.256. The first-order valence-corrected chi connectivity index (χ1v) is 3.67. The standard InChI is InChI=1S/C4H11PS/c5-3-1-2-4-6/h6H,1-5H2. The molecule has 0 N–H and O–H groups in total. The summed E-state index contributed by atoms with van der Waals surface area (Å²) in [7, 11) is 2.69. The lowest BCUT2D eigenvalue weighted by molar-refractivity contribution is 0.910. The number of unbranched alkanes of at least 4 members (excludes halogenated alkanes) is 1. The summed E-state index contributed by atoms with van der Waals surface area (Å²) < 4.78 is 0. The zero-order valence-corrected chi connectivity index (χ0v) is 5.90. The number of rotatable bonds is 3. The van der Waals surface area contributed by atoms with Gasteiger partial charge in [0.15, 0.2) is 0 Å². The molecular weight excluding hydrogens is 111 g/mol. The number of hydrogen-bond donors (Lipinski definition) is 1. The Morgan fingerprint density at radius 1 is 1.33 bits per heavy atom. The van der Waals surface area contributed by atoms with E-state index in [2.05, 4.69) is 21.9 Å². The Balaban J connectivity index is 2.34. The predicted octanol–water partition coefficient (Wildman–Crippen LogP) is 1.57. The van der Waals surface area contributed by atoms with E-state index in [1.807, 2.05) is 0 Å². The molecule has 0 heterocycles. The minimum Gasteiger partial charge on any atom is -0.179 e. The summed E-state index contributed by atoms with van der Waals surface area (Å²) in [6.07, 6.45) is 3.78. The Kier molecular flexibility index (Phi) is 6.53. The Hall–Kier alpha value is 0.780. The van der Waals surface area contributed by atoms with Crippen molar-refractivity contribution < 1.29 is 0 Å². The van der Waals surface area contributed by atoms with Gasteiger partial charge in [-0.05, 0) is 24.8 Å². The van der Waals surface area contributed by atoms with Crippen molar-refractivity contribution >= 4 is 21.9 Å². The van der Waals surface area contributed by atoms with Crippen LogP contribution in [0.5, 0.6) is 0 Å². The zero-order chi connectivity index (χ0) is 4.83. The summed E-state index contributed by atoms with van der Waals surface area (Å²) in [6, 6.07) is 0. The third-order valence-corrected chi connectivity index (χ3v) is 1.34. The van der Waals surface area contributed by atoms with E-state index in [0.717, 1.165) is 5.75 Å². The maximum absolute atomic E-state index is 4.05. The van der Waals surface area contributed by atoms with Crippen LogP contribution in [0.25, 0.3) is 0 Å². The van der Waals surface area contributed by atoms with Crippen LogP contribution in [0.3, 0.4) is 0 Å². The molecule has 0 nitrogen and oxygen atoms in total. The molecule has 38 valence electrons. The summed E-state index contributed by atoms with van der Waals surface area (Å²) >= 11 is 4.05. The lowest BCUT2D eigenvalue weighted by atomic mass is 10.4. The van der Waals surface area contributed by atoms with Gasteiger partial charge < -0.3 is 0 Å². The van der Waals surface area contributed by atoms with Gasteiger partial charge in [0.1, 0.15) is 0 Å². The van der Waals surface area contributed by atoms with Gasteiger partial charge in [0, 0.05) is 0 Å². The maximum atomic E-state index is 4.05. The van der Waals surface area contributed by atoms with E-state index >= 15 is 0 Å². The highest BCUT2D eigenvalue weighted by Gasteiger charge is 1.75. The van der Waals surface area contributed by atoms with E-state index in [0.29, 0.717) is 0 Å². The van der Waals surface area contributed by atoms with Crippen molar-refractivity contribution in [3.63, 3.8) is 0 Å². The highest BCUT2D eigenvalue weighted by atomic mass is 32.1. The Bertz CT molecular complexity index is 19.5. The SMILES string of the molecule is PCCCCS. The van der Waals surface area contributed by atoms with Crippen molar-refractivity contribution in [3.8, 4) is 0 Å². The number of hydrogen-bond acceptors (Lipinski definition) is 1. The second-order valence-electron chi connectivity index (χ2n) is 1.22. The molecular formula is C4H11PS. The van der Waals surface area contributed by atoms with Crippen LogP contribution in [0.15, 0.2) is 0 Å². The monoisotopic (exact) mass is 122 g/mol. The van der Waals surface area contributed by atoms with Gasteiger partial charge in [0.05, 0.1) is 0 Å². The van der Waals surface area contributed by atoms with E-state index < -0.39 is 0 Å². The Morgan fingerprint density at radius 3 is 2.17 bits per heavy atom. The van der Waals surface area contributed by atoms with Gasteiger partial charge in [-0.3, -0.25) is 0 Å². The molecule has 2 heteroatoms. The fraction of sp³-hybridized carbons (Fsp3) is 1.00. The first-order chi connectivity index (χ1) is 2.91. The molecule has 0 spiro atoms. The lowest BCUT2D eigenvalue weighted by Crippen LogP contribution is -1.74. The van der Waals surface area contributed by atoms with E-state index in [1.54, 1.807) is 0 Å². The van der Waals surface area contributed by atoms with E-state index in [4.69, 9.17) is 0 Å². The van der Waals surface area contributed by atoms with Crippen LogP contribution in [0, 0.1) is 0 Å². The average molecular weight is 122 g/mol. The molecule has 0 saturated carbocycles. The van der Waals surface area contributed by atoms with Gasteiger partial charge in [-0.15, -0.1) is 9.24 Å². The van der Waals surface area contributed by atoms with Crippen molar-refractivity contribution in [2.45, 2.75) is 12.8 Å². The molecule has 1 unspecified atom stereocenters. The molecule has 0 amide bonds. The highest BCUT2D eigenvalue weighted by Crippen LogP contribution is 1.93. The minimum atomic E-state index is 1.04. The molecule has 0 aromatic rings. The fourth-order valence-corrected chi connectivity index (χ4v) is 0.768. The van der Waals surface area contributed by atoms with Crippen molar-refractivity contribution in [3.05, 3.63) is 0 Å². The first-order valence-electron chi connectivity index (χ1n) is 2.22. The van der Waals surface area contributed by atoms with Gasteiger partial charge in [-0.25, -0.2) is 0 Å². The molecule has 1 atom stereocenters. The minimum absolute atomic E-state index is 1.04. The van der Waals surface area contributed by atoms with Gasteiger partial charge in [-0.1, -0.05) is 0 Å². The van der Waals surface area contributed by atoms with Gasteiger partial charge in [0.25, 0.3) is 0 Å². The molecule has 0 aromatic heterocycles. The smallest absolute Gasteiger partial charge is 0.00978 e. The molecule has 0 saturated heterocycles. The van der Waals surface area contributed by atoms with Crippen molar-refractivity contribution in [1.82, 2.24) is 0 Å². The van der Waals surface area contributed by atoms with E-state index in [1.165, 1.54) is 19.0 Å². The lowest BCUT2D eigenvalue weighted by Gasteiger charge is -1.85. The Labute approximate surface area is 47.3 Å². The highest BCUT2D eigenvalue weighted by molar-refractivity contribution is 7.80. The van der Waals surface area contributed by atoms with Crippen molar-refractivity contribution in [2.75, 3.05) is 11.9 Å². The largest absolute Gasteiger partial charge is 0.179 e. The summed E-state index contributed by atoms with van der Waals surface area (Å²) in [5, 5.41) is 0. The van der Waals surface area contributed by atoms with Crippen molar-refractivity contribution in [2.24, 2.45) is 0 Å². The summed E-state index contributed by atoms with van der Waals surface area (Å²) in [5.74, 6) is 1.04. The van der Waals surface area contributed by atoms with Crippen LogP contribution in [0.1, 0.15) is 12.8 Å². The predicted molar refractivity (Wildman–Crippen MR) is 37.7 cm³/mol. The molecule has 0 aromatic carbocycles. The normalized spacial score (nSPS) is 9.00. The molecule has 0 bridgehead atoms. The second-order valence-corrected chi connectivity index (χ2v) is 2.24. The summed E-state index contributed by atoms with van der Waals surface area (Å²) in [5.41, 5.74) is 0. The van der Waals surface area contributed by atoms with Crippen LogP contribution in [-0.4, -0.2) is 11.9 Å². The summed E-state index contributed by atoms with van der Waals surface area (Å²) in [6.45, 7) is 0. The molecule has 6 heavy (non-hydrogen) atoms. The molecule has 0 aliphatic heterocycles. The molecule has 0 radical (unpaired) electrons. The third kappa shape index (κ3) is 4.78. The van der Waals surface area contributed by atoms with Crippen LogP contribution < -0.4 is 0 Å². The van der Waals surface area contributed by atoms with Crippen molar-refractivity contribution in [1.29, 1.82) is 0 Å². The number of thiol groups is 1. The molecule has 0 aliphatic carbocycles. The van der Waals surface area contributed by atoms with Gasteiger partial charge in [0.2, 0.25) is 0 Å². The van der Waals surface area contributed by atoms with E-state index in [9.17, 15) is 0 Å².